The van der Waals surface area contributed by atoms with E-state index >= 15 is 0 Å². The predicted octanol–water partition coefficient (Wildman–Crippen LogP) is 5.26. The topological polar surface area (TPSA) is 90.3 Å². The van der Waals surface area contributed by atoms with Crippen molar-refractivity contribution >= 4 is 21.4 Å². The molecule has 0 saturated carbocycles. The van der Waals surface area contributed by atoms with Crippen LogP contribution in [0.1, 0.15) is 28.5 Å². The highest BCUT2D eigenvalue weighted by atomic mass is 32.2. The number of nitrogens with one attached hydrogen (secondary N) is 1. The number of rotatable bonds is 6. The van der Waals surface area contributed by atoms with Gasteiger partial charge in [0.05, 0.1) is 23.2 Å². The lowest BCUT2D eigenvalue weighted by Gasteiger charge is -2.13. The maximum Gasteiger partial charge on any atom is 0.276 e. The molecule has 7 nitrogen and oxygen atoms in total. The number of carbonyl (C=O) groups is 1. The van der Waals surface area contributed by atoms with Crippen LogP contribution in [0.2, 0.25) is 0 Å². The van der Waals surface area contributed by atoms with E-state index in [4.69, 9.17) is 4.74 Å². The molecule has 4 aromatic rings. The fraction of sp³-hybridized carbons (Fsp3) is 0.185. The van der Waals surface area contributed by atoms with Crippen molar-refractivity contribution in [2.45, 2.75) is 19.4 Å². The summed E-state index contributed by atoms with van der Waals surface area (Å²) in [4.78, 5) is 13.0. The van der Waals surface area contributed by atoms with Crippen LogP contribution in [0, 0.1) is 6.92 Å². The number of amides is 1. The van der Waals surface area contributed by atoms with Crippen molar-refractivity contribution in [2.24, 2.45) is 0 Å². The molecule has 2 heterocycles. The van der Waals surface area contributed by atoms with Gasteiger partial charge in [0.1, 0.15) is 11.5 Å². The minimum atomic E-state index is -3.11. The lowest BCUT2D eigenvalue weighted by atomic mass is 10.1. The quantitative estimate of drug-likeness (QED) is 0.401. The summed E-state index contributed by atoms with van der Waals surface area (Å²) in [6.45, 7) is 2.00. The first-order valence-electron chi connectivity index (χ1n) is 11.4. The molecule has 178 valence electrons. The van der Waals surface area contributed by atoms with Crippen LogP contribution in [0.25, 0.3) is 11.3 Å². The van der Waals surface area contributed by atoms with Gasteiger partial charge < -0.3 is 10.1 Å². The number of aryl methyl sites for hydroxylation is 1. The molecule has 0 spiro atoms. The van der Waals surface area contributed by atoms with Gasteiger partial charge in [0.2, 0.25) is 0 Å². The molecule has 0 bridgehead atoms. The number of para-hydroxylation sites is 1. The van der Waals surface area contributed by atoms with Crippen LogP contribution < -0.4 is 10.1 Å². The number of nitrogens with zero attached hydrogens (tertiary/aromatic N) is 2. The van der Waals surface area contributed by atoms with Crippen molar-refractivity contribution in [3.8, 4) is 22.8 Å². The molecule has 1 amide bonds. The number of aromatic nitrogens is 2. The molecule has 1 saturated heterocycles. The van der Waals surface area contributed by atoms with Gasteiger partial charge in [-0.05, 0) is 61.4 Å². The average Bonchev–Trinajstić information content (AvgIpc) is 3.45. The van der Waals surface area contributed by atoms with Gasteiger partial charge in [0.25, 0.3) is 5.91 Å². The van der Waals surface area contributed by atoms with Gasteiger partial charge in [-0.2, -0.15) is 5.10 Å². The summed E-state index contributed by atoms with van der Waals surface area (Å²) in [5.41, 5.74) is 3.55. The molecule has 0 unspecified atom stereocenters. The van der Waals surface area contributed by atoms with Gasteiger partial charge in [-0.3, -0.25) is 9.48 Å². The Labute approximate surface area is 204 Å². The summed E-state index contributed by atoms with van der Waals surface area (Å²) in [5.74, 6) is 1.17. The number of hydrogen-bond acceptors (Lipinski definition) is 5. The van der Waals surface area contributed by atoms with Crippen LogP contribution >= 0.6 is 0 Å². The van der Waals surface area contributed by atoms with Crippen LogP contribution in [0.15, 0.2) is 84.9 Å². The van der Waals surface area contributed by atoms with Crippen molar-refractivity contribution in [2.75, 3.05) is 16.8 Å². The highest BCUT2D eigenvalue weighted by Gasteiger charge is 2.32. The average molecular weight is 488 g/mol. The molecule has 3 aromatic carbocycles. The highest BCUT2D eigenvalue weighted by molar-refractivity contribution is 7.91. The van der Waals surface area contributed by atoms with E-state index < -0.39 is 9.84 Å². The summed E-state index contributed by atoms with van der Waals surface area (Å²) >= 11 is 0. The molecule has 1 fully saturated rings. The number of benzene rings is 3. The van der Waals surface area contributed by atoms with Gasteiger partial charge in [-0.1, -0.05) is 48.0 Å². The lowest BCUT2D eigenvalue weighted by Crippen LogP contribution is -2.16. The molecule has 1 atom stereocenters. The summed E-state index contributed by atoms with van der Waals surface area (Å²) in [6, 6.07) is 25.8. The zero-order valence-electron chi connectivity index (χ0n) is 19.2. The van der Waals surface area contributed by atoms with Gasteiger partial charge >= 0.3 is 0 Å². The zero-order chi connectivity index (χ0) is 24.4. The number of ether oxygens (including phenoxy) is 1. The second kappa shape index (κ2) is 9.38. The fourth-order valence-corrected chi connectivity index (χ4v) is 5.81. The smallest absolute Gasteiger partial charge is 0.276 e. The number of anilines is 1. The Morgan fingerprint density at radius 2 is 1.66 bits per heavy atom. The Morgan fingerprint density at radius 3 is 2.31 bits per heavy atom. The van der Waals surface area contributed by atoms with Gasteiger partial charge in [-0.25, -0.2) is 8.42 Å². The zero-order valence-corrected chi connectivity index (χ0v) is 20.0. The third-order valence-corrected chi connectivity index (χ3v) is 7.71. The highest BCUT2D eigenvalue weighted by Crippen LogP contribution is 2.31. The standard InChI is InChI=1S/C27H25N3O4S/c1-19-7-9-20(10-8-19)26-17-25(29-30(26)22-15-16-35(32,33)18-22)27(31)28-21-11-13-24(14-12-21)34-23-5-3-2-4-6-23/h2-14,17,22H,15-16,18H2,1H3,(H,28,31)/t22-/m0/s1. The van der Waals surface area contributed by atoms with Crippen molar-refractivity contribution in [3.05, 3.63) is 96.2 Å². The lowest BCUT2D eigenvalue weighted by molar-refractivity contribution is 0.102. The van der Waals surface area contributed by atoms with Crippen molar-refractivity contribution in [3.63, 3.8) is 0 Å². The predicted molar refractivity (Wildman–Crippen MR) is 136 cm³/mol. The number of hydrogen-bond donors (Lipinski definition) is 1. The molecular weight excluding hydrogens is 462 g/mol. The van der Waals surface area contributed by atoms with E-state index in [2.05, 4.69) is 10.4 Å². The number of sulfone groups is 1. The van der Waals surface area contributed by atoms with Crippen LogP contribution in [-0.2, 0) is 9.84 Å². The summed E-state index contributed by atoms with van der Waals surface area (Å²) in [6.07, 6.45) is 0.479. The molecule has 0 aliphatic carbocycles. The SMILES string of the molecule is Cc1ccc(-c2cc(C(=O)Nc3ccc(Oc4ccccc4)cc3)nn2[C@H]2CCS(=O)(=O)C2)cc1. The minimum absolute atomic E-state index is 0.0253. The Kier molecular flexibility index (Phi) is 6.13. The van der Waals surface area contributed by atoms with Crippen LogP contribution in [0.4, 0.5) is 5.69 Å². The maximum absolute atomic E-state index is 13.0. The molecule has 8 heteroatoms. The maximum atomic E-state index is 13.0. The van der Waals surface area contributed by atoms with Gasteiger partial charge in [0, 0.05) is 5.69 Å². The van der Waals surface area contributed by atoms with Gasteiger partial charge in [-0.15, -0.1) is 0 Å². The molecule has 0 radical (unpaired) electrons. The Hall–Kier alpha value is -3.91. The summed E-state index contributed by atoms with van der Waals surface area (Å²) in [5, 5.41) is 7.41. The number of carbonyl (C=O) groups excluding carboxylic acids is 1. The minimum Gasteiger partial charge on any atom is -0.457 e. The molecular formula is C27H25N3O4S. The van der Waals surface area contributed by atoms with Gasteiger partial charge in [0.15, 0.2) is 15.5 Å². The molecule has 1 aliphatic heterocycles. The Bertz CT molecular complexity index is 1440. The first-order chi connectivity index (χ1) is 16.9. The largest absolute Gasteiger partial charge is 0.457 e. The van der Waals surface area contributed by atoms with E-state index in [0.29, 0.717) is 17.9 Å². The third-order valence-electron chi connectivity index (χ3n) is 5.96. The van der Waals surface area contributed by atoms with E-state index in [9.17, 15) is 13.2 Å². The first-order valence-corrected chi connectivity index (χ1v) is 13.2. The van der Waals surface area contributed by atoms with Crippen LogP contribution in [0.5, 0.6) is 11.5 Å². The van der Waals surface area contributed by atoms with Crippen LogP contribution in [0.3, 0.4) is 0 Å². The van der Waals surface area contributed by atoms with Crippen molar-refractivity contribution < 1.29 is 17.9 Å². The first kappa shape index (κ1) is 22.9. The van der Waals surface area contributed by atoms with E-state index in [1.165, 1.54) is 0 Å². The fourth-order valence-electron chi connectivity index (χ4n) is 4.12. The molecule has 1 N–H and O–H groups in total. The summed E-state index contributed by atoms with van der Waals surface area (Å²) < 4.78 is 31.7. The van der Waals surface area contributed by atoms with E-state index in [1.54, 1.807) is 35.0 Å². The second-order valence-electron chi connectivity index (χ2n) is 8.68. The molecule has 1 aromatic heterocycles. The molecule has 35 heavy (non-hydrogen) atoms. The monoisotopic (exact) mass is 487 g/mol. The summed E-state index contributed by atoms with van der Waals surface area (Å²) in [7, 11) is -3.11. The van der Waals surface area contributed by atoms with Crippen molar-refractivity contribution in [1.82, 2.24) is 9.78 Å². The molecule has 5 rings (SSSR count). The Morgan fingerprint density at radius 1 is 0.971 bits per heavy atom. The molecule has 1 aliphatic rings. The van der Waals surface area contributed by atoms with E-state index in [0.717, 1.165) is 22.6 Å². The normalized spacial score (nSPS) is 16.7. The Balaban J connectivity index is 1.37. The van der Waals surface area contributed by atoms with Crippen LogP contribution in [-0.4, -0.2) is 35.6 Å². The third kappa shape index (κ3) is 5.27. The van der Waals surface area contributed by atoms with Crippen molar-refractivity contribution in [1.29, 1.82) is 0 Å². The van der Waals surface area contributed by atoms with E-state index in [-0.39, 0.29) is 29.1 Å². The van der Waals surface area contributed by atoms with E-state index in [1.807, 2.05) is 61.5 Å². The second-order valence-corrected chi connectivity index (χ2v) is 10.9.